The van der Waals surface area contributed by atoms with E-state index in [-0.39, 0.29) is 18.3 Å². The summed E-state index contributed by atoms with van der Waals surface area (Å²) in [6, 6.07) is 4.91. The fourth-order valence-corrected chi connectivity index (χ4v) is 2.79. The van der Waals surface area contributed by atoms with Crippen molar-refractivity contribution in [1.29, 1.82) is 0 Å². The second-order valence-corrected chi connectivity index (χ2v) is 5.21. The number of carbonyl (C=O) groups is 1. The first kappa shape index (κ1) is 14.3. The molecule has 0 aromatic heterocycles. The van der Waals surface area contributed by atoms with E-state index in [1.807, 2.05) is 6.92 Å². The number of aryl methyl sites for hydroxylation is 1. The first-order valence-corrected chi connectivity index (χ1v) is 6.72. The van der Waals surface area contributed by atoms with E-state index in [1.165, 1.54) is 6.07 Å². The van der Waals surface area contributed by atoms with Gasteiger partial charge in [0.2, 0.25) is 0 Å². The second kappa shape index (κ2) is 5.90. The van der Waals surface area contributed by atoms with Gasteiger partial charge in [0.05, 0.1) is 4.92 Å². The van der Waals surface area contributed by atoms with Crippen LogP contribution in [0.25, 0.3) is 0 Å². The molecule has 0 heterocycles. The van der Waals surface area contributed by atoms with E-state index < -0.39 is 10.9 Å². The molecule has 0 amide bonds. The van der Waals surface area contributed by atoms with Crippen molar-refractivity contribution in [3.8, 4) is 0 Å². The fraction of sp³-hybridized carbons (Fsp3) is 0.500. The van der Waals surface area contributed by atoms with Gasteiger partial charge in [-0.2, -0.15) is 0 Å². The molecule has 1 aromatic carbocycles. The number of hydrogen-bond acceptors (Lipinski definition) is 4. The predicted octanol–water partition coefficient (Wildman–Crippen LogP) is 2.74. The lowest BCUT2D eigenvalue weighted by atomic mass is 10.1. The molecule has 0 atom stereocenters. The maximum absolute atomic E-state index is 11.2. The zero-order valence-electron chi connectivity index (χ0n) is 11.4. The minimum absolute atomic E-state index is 0.0243. The molecular weight excluding hydrogens is 260 g/mol. The van der Waals surface area contributed by atoms with Crippen molar-refractivity contribution in [3.05, 3.63) is 33.9 Å². The Kier molecular flexibility index (Phi) is 4.22. The maximum atomic E-state index is 11.2. The summed E-state index contributed by atoms with van der Waals surface area (Å²) in [7, 11) is 0. The number of nitro benzene ring substituents is 1. The van der Waals surface area contributed by atoms with Crippen molar-refractivity contribution < 1.29 is 14.8 Å². The third-order valence-electron chi connectivity index (χ3n) is 3.71. The molecule has 1 aliphatic rings. The number of nitro groups is 1. The van der Waals surface area contributed by atoms with Crippen LogP contribution in [-0.4, -0.2) is 28.6 Å². The lowest BCUT2D eigenvalue weighted by Gasteiger charge is -2.29. The van der Waals surface area contributed by atoms with Crippen LogP contribution in [-0.2, 0) is 4.79 Å². The van der Waals surface area contributed by atoms with E-state index in [4.69, 9.17) is 5.11 Å². The molecule has 0 radical (unpaired) electrons. The first-order valence-electron chi connectivity index (χ1n) is 6.72. The van der Waals surface area contributed by atoms with Gasteiger partial charge in [0.15, 0.2) is 0 Å². The number of anilines is 1. The van der Waals surface area contributed by atoms with Gasteiger partial charge in [-0.25, -0.2) is 0 Å². The van der Waals surface area contributed by atoms with Crippen molar-refractivity contribution in [2.24, 2.45) is 0 Å². The molecule has 1 aliphatic carbocycles. The average Bonchev–Trinajstić information content (AvgIpc) is 2.88. The topological polar surface area (TPSA) is 83.7 Å². The van der Waals surface area contributed by atoms with Crippen LogP contribution < -0.4 is 4.90 Å². The molecule has 0 bridgehead atoms. The van der Waals surface area contributed by atoms with E-state index in [2.05, 4.69) is 0 Å². The van der Waals surface area contributed by atoms with Crippen LogP contribution in [0.1, 0.15) is 31.2 Å². The molecule has 6 heteroatoms. The quantitative estimate of drug-likeness (QED) is 0.661. The van der Waals surface area contributed by atoms with E-state index >= 15 is 0 Å². The Labute approximate surface area is 117 Å². The van der Waals surface area contributed by atoms with Crippen LogP contribution in [0.5, 0.6) is 0 Å². The summed E-state index contributed by atoms with van der Waals surface area (Å²) in [5.74, 6) is -0.965. The molecule has 0 unspecified atom stereocenters. The standard InChI is InChI=1S/C14H18N2O4/c1-10-6-7-12(16(19)20)13(8-10)15(9-14(17)18)11-4-2-3-5-11/h6-8,11H,2-5,9H2,1H3,(H,17,18). The summed E-state index contributed by atoms with van der Waals surface area (Å²) >= 11 is 0. The van der Waals surface area contributed by atoms with Gasteiger partial charge in [-0.1, -0.05) is 18.9 Å². The predicted molar refractivity (Wildman–Crippen MR) is 75.1 cm³/mol. The zero-order chi connectivity index (χ0) is 14.7. The Hall–Kier alpha value is -2.11. The molecule has 108 valence electrons. The molecular formula is C14H18N2O4. The van der Waals surface area contributed by atoms with E-state index in [1.54, 1.807) is 17.0 Å². The fourth-order valence-electron chi connectivity index (χ4n) is 2.79. The van der Waals surface area contributed by atoms with Gasteiger partial charge in [0, 0.05) is 12.1 Å². The Morgan fingerprint density at radius 2 is 2.10 bits per heavy atom. The number of carboxylic acid groups (broad SMARTS) is 1. The molecule has 2 rings (SSSR count). The van der Waals surface area contributed by atoms with Crippen molar-refractivity contribution in [1.82, 2.24) is 0 Å². The van der Waals surface area contributed by atoms with Crippen molar-refractivity contribution in [2.45, 2.75) is 38.6 Å². The summed E-state index contributed by atoms with van der Waals surface area (Å²) in [5, 5.41) is 20.3. The Balaban J connectivity index is 2.43. The molecule has 1 aromatic rings. The number of nitrogens with zero attached hydrogens (tertiary/aromatic N) is 2. The van der Waals surface area contributed by atoms with Gasteiger partial charge < -0.3 is 10.0 Å². The Morgan fingerprint density at radius 3 is 2.65 bits per heavy atom. The number of benzene rings is 1. The monoisotopic (exact) mass is 278 g/mol. The molecule has 0 aliphatic heterocycles. The summed E-state index contributed by atoms with van der Waals surface area (Å²) < 4.78 is 0. The van der Waals surface area contributed by atoms with Gasteiger partial charge in [-0.05, 0) is 31.4 Å². The molecule has 20 heavy (non-hydrogen) atoms. The largest absolute Gasteiger partial charge is 0.480 e. The van der Waals surface area contributed by atoms with Gasteiger partial charge in [0.1, 0.15) is 12.2 Å². The lowest BCUT2D eigenvalue weighted by Crippen LogP contribution is -2.38. The first-order chi connectivity index (χ1) is 9.49. The highest BCUT2D eigenvalue weighted by Crippen LogP contribution is 2.34. The highest BCUT2D eigenvalue weighted by Gasteiger charge is 2.29. The second-order valence-electron chi connectivity index (χ2n) is 5.21. The molecule has 0 saturated heterocycles. The number of rotatable bonds is 5. The van der Waals surface area contributed by atoms with Crippen molar-refractivity contribution >= 4 is 17.3 Å². The third-order valence-corrected chi connectivity index (χ3v) is 3.71. The van der Waals surface area contributed by atoms with Gasteiger partial charge >= 0.3 is 5.97 Å². The number of aliphatic carboxylic acids is 1. The number of carboxylic acids is 1. The van der Waals surface area contributed by atoms with Crippen LogP contribution in [0.4, 0.5) is 11.4 Å². The van der Waals surface area contributed by atoms with E-state index in [0.29, 0.717) is 5.69 Å². The molecule has 1 fully saturated rings. The number of hydrogen-bond donors (Lipinski definition) is 1. The zero-order valence-corrected chi connectivity index (χ0v) is 11.4. The van der Waals surface area contributed by atoms with E-state index in [9.17, 15) is 14.9 Å². The summed E-state index contributed by atoms with van der Waals surface area (Å²) in [6.45, 7) is 1.65. The van der Waals surface area contributed by atoms with Crippen LogP contribution in [0, 0.1) is 17.0 Å². The smallest absolute Gasteiger partial charge is 0.323 e. The van der Waals surface area contributed by atoms with Crippen LogP contribution >= 0.6 is 0 Å². The highest BCUT2D eigenvalue weighted by atomic mass is 16.6. The maximum Gasteiger partial charge on any atom is 0.323 e. The minimum Gasteiger partial charge on any atom is -0.480 e. The highest BCUT2D eigenvalue weighted by molar-refractivity contribution is 5.77. The van der Waals surface area contributed by atoms with E-state index in [0.717, 1.165) is 31.2 Å². The average molecular weight is 278 g/mol. The molecule has 6 nitrogen and oxygen atoms in total. The summed E-state index contributed by atoms with van der Waals surface area (Å²) in [6.07, 6.45) is 3.86. The van der Waals surface area contributed by atoms with Crippen molar-refractivity contribution in [2.75, 3.05) is 11.4 Å². The summed E-state index contributed by atoms with van der Waals surface area (Å²) in [5.41, 5.74) is 1.28. The molecule has 1 N–H and O–H groups in total. The normalized spacial score (nSPS) is 15.2. The van der Waals surface area contributed by atoms with Gasteiger partial charge in [-0.15, -0.1) is 0 Å². The molecule has 1 saturated carbocycles. The molecule has 0 spiro atoms. The van der Waals surface area contributed by atoms with Gasteiger partial charge in [-0.3, -0.25) is 14.9 Å². The Bertz CT molecular complexity index is 524. The Morgan fingerprint density at radius 1 is 1.45 bits per heavy atom. The summed E-state index contributed by atoms with van der Waals surface area (Å²) in [4.78, 5) is 23.5. The van der Waals surface area contributed by atoms with Gasteiger partial charge in [0.25, 0.3) is 5.69 Å². The van der Waals surface area contributed by atoms with Crippen LogP contribution in [0.3, 0.4) is 0 Å². The van der Waals surface area contributed by atoms with Crippen molar-refractivity contribution in [3.63, 3.8) is 0 Å². The third kappa shape index (κ3) is 3.07. The lowest BCUT2D eigenvalue weighted by molar-refractivity contribution is -0.384. The van der Waals surface area contributed by atoms with Crippen LogP contribution in [0.2, 0.25) is 0 Å². The SMILES string of the molecule is Cc1ccc([N+](=O)[O-])c(N(CC(=O)O)C2CCCC2)c1. The van der Waals surface area contributed by atoms with Crippen LogP contribution in [0.15, 0.2) is 18.2 Å². The minimum atomic E-state index is -0.965.